The maximum atomic E-state index is 12.5. The fraction of sp³-hybridized carbons (Fsp3) is 0.786. The molecule has 20 heavy (non-hydrogen) atoms. The summed E-state index contributed by atoms with van der Waals surface area (Å²) in [5.74, 6) is -1.06. The molecule has 0 aromatic heterocycles. The van der Waals surface area contributed by atoms with Crippen LogP contribution >= 0.6 is 0 Å². The van der Waals surface area contributed by atoms with Gasteiger partial charge in [-0.25, -0.2) is 4.79 Å². The van der Waals surface area contributed by atoms with Crippen molar-refractivity contribution in [1.29, 1.82) is 0 Å². The molecule has 2 atom stereocenters. The molecule has 2 rings (SSSR count). The Balaban J connectivity index is 1.98. The van der Waals surface area contributed by atoms with Gasteiger partial charge >= 0.3 is 5.97 Å². The summed E-state index contributed by atoms with van der Waals surface area (Å²) in [5, 5.41) is 9.27. The third-order valence-electron chi connectivity index (χ3n) is 4.53. The van der Waals surface area contributed by atoms with Crippen molar-refractivity contribution < 1.29 is 19.5 Å². The molecule has 0 aromatic carbocycles. The average molecular weight is 282 g/mol. The minimum absolute atomic E-state index is 0.00811. The van der Waals surface area contributed by atoms with Gasteiger partial charge in [-0.05, 0) is 25.2 Å². The predicted molar refractivity (Wildman–Crippen MR) is 71.9 cm³/mol. The number of carboxylic acid groups (broad SMARTS) is 1. The molecule has 0 saturated carbocycles. The van der Waals surface area contributed by atoms with Crippen molar-refractivity contribution in [3.8, 4) is 0 Å². The Kier molecular flexibility index (Phi) is 4.30. The third kappa shape index (κ3) is 2.78. The molecule has 1 N–H and O–H groups in total. The lowest BCUT2D eigenvalue weighted by atomic mass is 9.94. The summed E-state index contributed by atoms with van der Waals surface area (Å²) in [6.07, 6.45) is 2.01. The Bertz CT molecular complexity index is 415. The number of carboxylic acids is 1. The summed E-state index contributed by atoms with van der Waals surface area (Å²) in [6, 6.07) is -0.687. The lowest BCUT2D eigenvalue weighted by Gasteiger charge is -2.34. The largest absolute Gasteiger partial charge is 0.480 e. The van der Waals surface area contributed by atoms with Gasteiger partial charge in [-0.1, -0.05) is 6.92 Å². The summed E-state index contributed by atoms with van der Waals surface area (Å²) in [4.78, 5) is 38.3. The highest BCUT2D eigenvalue weighted by Gasteiger charge is 2.42. The molecule has 2 unspecified atom stereocenters. The number of hydrogen-bond donors (Lipinski definition) is 1. The molecule has 6 nitrogen and oxygen atoms in total. The normalized spacial score (nSPS) is 27.7. The van der Waals surface area contributed by atoms with Gasteiger partial charge in [-0.3, -0.25) is 9.59 Å². The van der Waals surface area contributed by atoms with Gasteiger partial charge in [0.25, 0.3) is 0 Å². The second kappa shape index (κ2) is 5.81. The molecule has 2 heterocycles. The van der Waals surface area contributed by atoms with E-state index >= 15 is 0 Å². The van der Waals surface area contributed by atoms with E-state index in [0.29, 0.717) is 32.5 Å². The summed E-state index contributed by atoms with van der Waals surface area (Å²) in [5.41, 5.74) is 0. The number of carbonyl (C=O) groups is 3. The standard InChI is InChI=1S/C14H22N2O4/c1-9-3-8-16(12(9)14(19)20)13(18)11-4-6-15(7-5-11)10(2)17/h9,11-12H,3-8H2,1-2H3,(H,19,20). The molecule has 0 aliphatic carbocycles. The number of rotatable bonds is 2. The monoisotopic (exact) mass is 282 g/mol. The van der Waals surface area contributed by atoms with E-state index in [0.717, 1.165) is 6.42 Å². The number of likely N-dealkylation sites (tertiary alicyclic amines) is 2. The zero-order valence-electron chi connectivity index (χ0n) is 12.0. The molecule has 2 aliphatic rings. The molecular formula is C14H22N2O4. The summed E-state index contributed by atoms with van der Waals surface area (Å²) in [6.45, 7) is 5.12. The van der Waals surface area contributed by atoms with Crippen LogP contribution in [0.25, 0.3) is 0 Å². The number of piperidine rings is 1. The van der Waals surface area contributed by atoms with E-state index in [-0.39, 0.29) is 23.7 Å². The van der Waals surface area contributed by atoms with Crippen LogP contribution in [0.4, 0.5) is 0 Å². The van der Waals surface area contributed by atoms with Crippen LogP contribution in [0.1, 0.15) is 33.1 Å². The first-order valence-corrected chi connectivity index (χ1v) is 7.20. The predicted octanol–water partition coefficient (Wildman–Crippen LogP) is 0.566. The molecule has 6 heteroatoms. The summed E-state index contributed by atoms with van der Waals surface area (Å²) >= 11 is 0. The van der Waals surface area contributed by atoms with E-state index < -0.39 is 12.0 Å². The molecule has 2 saturated heterocycles. The first-order chi connectivity index (χ1) is 9.41. The van der Waals surface area contributed by atoms with Crippen molar-refractivity contribution in [3.05, 3.63) is 0 Å². The number of nitrogens with zero attached hydrogens (tertiary/aromatic N) is 2. The molecule has 2 fully saturated rings. The van der Waals surface area contributed by atoms with Crippen LogP contribution in [-0.2, 0) is 14.4 Å². The van der Waals surface area contributed by atoms with Crippen molar-refractivity contribution in [2.75, 3.05) is 19.6 Å². The van der Waals surface area contributed by atoms with Crippen LogP contribution in [0.2, 0.25) is 0 Å². The van der Waals surface area contributed by atoms with Gasteiger partial charge in [-0.15, -0.1) is 0 Å². The SMILES string of the molecule is CC(=O)N1CCC(C(=O)N2CCC(C)C2C(=O)O)CC1. The van der Waals surface area contributed by atoms with Crippen LogP contribution in [0.5, 0.6) is 0 Å². The Hall–Kier alpha value is -1.59. The van der Waals surface area contributed by atoms with E-state index in [1.807, 2.05) is 6.92 Å². The van der Waals surface area contributed by atoms with Gasteiger partial charge in [0.15, 0.2) is 0 Å². The number of aliphatic carboxylic acids is 1. The minimum Gasteiger partial charge on any atom is -0.480 e. The van der Waals surface area contributed by atoms with Crippen LogP contribution in [0.3, 0.4) is 0 Å². The van der Waals surface area contributed by atoms with Crippen LogP contribution in [-0.4, -0.2) is 58.4 Å². The van der Waals surface area contributed by atoms with Gasteiger partial charge in [0.1, 0.15) is 6.04 Å². The third-order valence-corrected chi connectivity index (χ3v) is 4.53. The van der Waals surface area contributed by atoms with E-state index in [9.17, 15) is 19.5 Å². The quantitative estimate of drug-likeness (QED) is 0.803. The molecule has 0 aromatic rings. The van der Waals surface area contributed by atoms with Gasteiger partial charge in [-0.2, -0.15) is 0 Å². The van der Waals surface area contributed by atoms with Crippen molar-refractivity contribution in [3.63, 3.8) is 0 Å². The van der Waals surface area contributed by atoms with Crippen LogP contribution in [0, 0.1) is 11.8 Å². The highest BCUT2D eigenvalue weighted by Crippen LogP contribution is 2.28. The van der Waals surface area contributed by atoms with Gasteiger partial charge in [0.05, 0.1) is 0 Å². The van der Waals surface area contributed by atoms with Gasteiger partial charge in [0.2, 0.25) is 11.8 Å². The average Bonchev–Trinajstić information content (AvgIpc) is 2.80. The second-order valence-electron chi connectivity index (χ2n) is 5.86. The highest BCUT2D eigenvalue weighted by atomic mass is 16.4. The topological polar surface area (TPSA) is 77.9 Å². The van der Waals surface area contributed by atoms with Crippen LogP contribution in [0.15, 0.2) is 0 Å². The molecule has 0 spiro atoms. The maximum absolute atomic E-state index is 12.5. The van der Waals surface area contributed by atoms with E-state index in [1.165, 1.54) is 11.8 Å². The first-order valence-electron chi connectivity index (χ1n) is 7.20. The van der Waals surface area contributed by atoms with Crippen molar-refractivity contribution >= 4 is 17.8 Å². The minimum atomic E-state index is -0.912. The molecular weight excluding hydrogens is 260 g/mol. The number of carbonyl (C=O) groups excluding carboxylic acids is 2. The van der Waals surface area contributed by atoms with E-state index in [1.54, 1.807) is 4.90 Å². The highest BCUT2D eigenvalue weighted by molar-refractivity contribution is 5.86. The Labute approximate surface area is 118 Å². The van der Waals surface area contributed by atoms with Gasteiger partial charge < -0.3 is 14.9 Å². The lowest BCUT2D eigenvalue weighted by molar-refractivity contribution is -0.152. The van der Waals surface area contributed by atoms with Crippen LogP contribution < -0.4 is 0 Å². The first kappa shape index (κ1) is 14.8. The molecule has 2 amide bonds. The van der Waals surface area contributed by atoms with Gasteiger partial charge in [0, 0.05) is 32.5 Å². The molecule has 0 radical (unpaired) electrons. The zero-order valence-corrected chi connectivity index (χ0v) is 12.0. The number of amides is 2. The lowest BCUT2D eigenvalue weighted by Crippen LogP contribution is -2.48. The molecule has 2 aliphatic heterocycles. The smallest absolute Gasteiger partial charge is 0.326 e. The molecule has 0 bridgehead atoms. The summed E-state index contributed by atoms with van der Waals surface area (Å²) < 4.78 is 0. The fourth-order valence-corrected chi connectivity index (χ4v) is 3.25. The van der Waals surface area contributed by atoms with E-state index in [2.05, 4.69) is 0 Å². The maximum Gasteiger partial charge on any atom is 0.326 e. The summed E-state index contributed by atoms with van der Waals surface area (Å²) in [7, 11) is 0. The molecule has 112 valence electrons. The van der Waals surface area contributed by atoms with Crippen molar-refractivity contribution in [1.82, 2.24) is 9.80 Å². The number of hydrogen-bond acceptors (Lipinski definition) is 3. The van der Waals surface area contributed by atoms with Crippen molar-refractivity contribution in [2.45, 2.75) is 39.2 Å². The second-order valence-corrected chi connectivity index (χ2v) is 5.86. The Morgan fingerprint density at radius 2 is 1.65 bits per heavy atom. The van der Waals surface area contributed by atoms with E-state index in [4.69, 9.17) is 0 Å². The fourth-order valence-electron chi connectivity index (χ4n) is 3.25. The Morgan fingerprint density at radius 3 is 2.15 bits per heavy atom. The van der Waals surface area contributed by atoms with Crippen molar-refractivity contribution in [2.24, 2.45) is 11.8 Å². The zero-order chi connectivity index (χ0) is 14.9. The Morgan fingerprint density at radius 1 is 1.05 bits per heavy atom.